The van der Waals surface area contributed by atoms with Crippen LogP contribution in [0.3, 0.4) is 0 Å². The Bertz CT molecular complexity index is 794. The summed E-state index contributed by atoms with van der Waals surface area (Å²) in [6.07, 6.45) is 0. The van der Waals surface area contributed by atoms with E-state index in [0.717, 1.165) is 41.7 Å². The molecule has 3 rings (SSSR count). The number of hydrogen-bond acceptors (Lipinski definition) is 5. The van der Waals surface area contributed by atoms with Crippen molar-refractivity contribution < 1.29 is 4.79 Å². The lowest BCUT2D eigenvalue weighted by atomic mass is 10.1. The molecule has 26 heavy (non-hydrogen) atoms. The molecule has 1 fully saturated rings. The third-order valence-electron chi connectivity index (χ3n) is 5.03. The van der Waals surface area contributed by atoms with Crippen LogP contribution in [-0.2, 0) is 4.79 Å². The molecule has 2 heterocycles. The van der Waals surface area contributed by atoms with Crippen molar-refractivity contribution in [1.29, 1.82) is 0 Å². The Balaban J connectivity index is 1.52. The van der Waals surface area contributed by atoms with E-state index in [1.807, 2.05) is 46.0 Å². The third kappa shape index (κ3) is 4.02. The Morgan fingerprint density at radius 3 is 2.65 bits per heavy atom. The predicted octanol–water partition coefficient (Wildman–Crippen LogP) is 2.47. The van der Waals surface area contributed by atoms with Crippen LogP contribution in [0.1, 0.15) is 22.6 Å². The molecule has 6 heteroatoms. The van der Waals surface area contributed by atoms with Gasteiger partial charge in [-0.1, -0.05) is 12.1 Å². The number of nitrogens with zero attached hydrogens (tertiary/aromatic N) is 4. The molecule has 1 aromatic heterocycles. The standard InChI is InChI=1S/C20H27N5O/c1-13-7-6-8-18(15(13)3)23-20(26)12-24(5)17-10-25(11-17)19-9-14(2)21-16(4)22-19/h6-9,17H,10-12H2,1-5H3,(H,23,26). The summed E-state index contributed by atoms with van der Waals surface area (Å²) in [5, 5.41) is 3.03. The van der Waals surface area contributed by atoms with E-state index < -0.39 is 0 Å². The highest BCUT2D eigenvalue weighted by Gasteiger charge is 2.31. The zero-order valence-electron chi connectivity index (χ0n) is 16.2. The fourth-order valence-electron chi connectivity index (χ4n) is 3.21. The summed E-state index contributed by atoms with van der Waals surface area (Å²) in [5.74, 6) is 1.79. The molecular weight excluding hydrogens is 326 g/mol. The lowest BCUT2D eigenvalue weighted by molar-refractivity contribution is -0.117. The number of benzene rings is 1. The van der Waals surface area contributed by atoms with Crippen molar-refractivity contribution in [2.45, 2.75) is 33.7 Å². The summed E-state index contributed by atoms with van der Waals surface area (Å²) < 4.78 is 0. The van der Waals surface area contributed by atoms with Gasteiger partial charge in [-0.3, -0.25) is 9.69 Å². The van der Waals surface area contributed by atoms with Gasteiger partial charge in [0.05, 0.1) is 6.54 Å². The topological polar surface area (TPSA) is 61.4 Å². The lowest BCUT2D eigenvalue weighted by Crippen LogP contribution is -2.59. The maximum absolute atomic E-state index is 12.4. The Hall–Kier alpha value is -2.47. The van der Waals surface area contributed by atoms with E-state index in [9.17, 15) is 4.79 Å². The van der Waals surface area contributed by atoms with Crippen LogP contribution in [0.4, 0.5) is 11.5 Å². The summed E-state index contributed by atoms with van der Waals surface area (Å²) in [5.41, 5.74) is 4.18. The molecule has 0 atom stereocenters. The highest BCUT2D eigenvalue weighted by atomic mass is 16.2. The first-order chi connectivity index (χ1) is 12.3. The van der Waals surface area contributed by atoms with Crippen molar-refractivity contribution in [2.24, 2.45) is 0 Å². The normalized spacial score (nSPS) is 14.5. The number of carbonyl (C=O) groups excluding carboxylic acids is 1. The van der Waals surface area contributed by atoms with Gasteiger partial charge < -0.3 is 10.2 Å². The van der Waals surface area contributed by atoms with E-state index in [-0.39, 0.29) is 5.91 Å². The van der Waals surface area contributed by atoms with Crippen molar-refractivity contribution in [1.82, 2.24) is 14.9 Å². The first kappa shape index (κ1) is 18.3. The van der Waals surface area contributed by atoms with Crippen LogP contribution in [0.25, 0.3) is 0 Å². The van der Waals surface area contributed by atoms with Crippen molar-refractivity contribution in [2.75, 3.05) is 36.9 Å². The van der Waals surface area contributed by atoms with E-state index in [1.165, 1.54) is 5.56 Å². The van der Waals surface area contributed by atoms with E-state index in [4.69, 9.17) is 0 Å². The zero-order chi connectivity index (χ0) is 18.8. The number of nitrogens with one attached hydrogen (secondary N) is 1. The van der Waals surface area contributed by atoms with Crippen LogP contribution >= 0.6 is 0 Å². The Morgan fingerprint density at radius 2 is 1.96 bits per heavy atom. The summed E-state index contributed by atoms with van der Waals surface area (Å²) >= 11 is 0. The van der Waals surface area contributed by atoms with Crippen LogP contribution in [0.5, 0.6) is 0 Å². The molecule has 1 aliphatic rings. The molecule has 0 spiro atoms. The fourth-order valence-corrected chi connectivity index (χ4v) is 3.21. The molecule has 0 radical (unpaired) electrons. The van der Waals surface area contributed by atoms with Gasteiger partial charge in [0.25, 0.3) is 0 Å². The van der Waals surface area contributed by atoms with Gasteiger partial charge in [-0.2, -0.15) is 0 Å². The Labute approximate surface area is 155 Å². The van der Waals surface area contributed by atoms with Crippen LogP contribution in [0.2, 0.25) is 0 Å². The molecular formula is C20H27N5O. The quantitative estimate of drug-likeness (QED) is 0.895. The van der Waals surface area contributed by atoms with Gasteiger partial charge in [0.1, 0.15) is 11.6 Å². The second kappa shape index (κ2) is 7.41. The second-order valence-electron chi connectivity index (χ2n) is 7.18. The summed E-state index contributed by atoms with van der Waals surface area (Å²) in [4.78, 5) is 25.5. The average Bonchev–Trinajstić information content (AvgIpc) is 2.49. The van der Waals surface area contributed by atoms with E-state index in [1.54, 1.807) is 0 Å². The molecule has 0 aliphatic carbocycles. The summed E-state index contributed by atoms with van der Waals surface area (Å²) in [7, 11) is 2.00. The minimum Gasteiger partial charge on any atom is -0.353 e. The number of rotatable bonds is 5. The molecule has 138 valence electrons. The van der Waals surface area contributed by atoms with Crippen molar-refractivity contribution in [3.05, 3.63) is 46.9 Å². The molecule has 6 nitrogen and oxygen atoms in total. The summed E-state index contributed by atoms with van der Waals surface area (Å²) in [6, 6.07) is 8.34. The minimum atomic E-state index is 0.0216. The first-order valence-electron chi connectivity index (χ1n) is 8.97. The molecule has 1 N–H and O–H groups in total. The van der Waals surface area contributed by atoms with Crippen LogP contribution < -0.4 is 10.2 Å². The molecule has 1 aliphatic heterocycles. The van der Waals surface area contributed by atoms with Crippen molar-refractivity contribution in [3.8, 4) is 0 Å². The number of aryl methyl sites for hydroxylation is 3. The summed E-state index contributed by atoms with van der Waals surface area (Å²) in [6.45, 7) is 10.1. The van der Waals surface area contributed by atoms with Crippen molar-refractivity contribution in [3.63, 3.8) is 0 Å². The largest absolute Gasteiger partial charge is 0.353 e. The van der Waals surface area contributed by atoms with Crippen LogP contribution in [-0.4, -0.2) is 53.5 Å². The molecule has 1 amide bonds. The Kier molecular flexibility index (Phi) is 5.23. The maximum Gasteiger partial charge on any atom is 0.238 e. The smallest absolute Gasteiger partial charge is 0.238 e. The van der Waals surface area contributed by atoms with Gasteiger partial charge in [-0.05, 0) is 51.9 Å². The minimum absolute atomic E-state index is 0.0216. The molecule has 2 aromatic rings. The van der Waals surface area contributed by atoms with E-state index >= 15 is 0 Å². The zero-order valence-corrected chi connectivity index (χ0v) is 16.2. The molecule has 1 saturated heterocycles. The van der Waals surface area contributed by atoms with E-state index in [0.29, 0.717) is 12.6 Å². The van der Waals surface area contributed by atoms with E-state index in [2.05, 4.69) is 38.1 Å². The van der Waals surface area contributed by atoms with Crippen LogP contribution in [0, 0.1) is 27.7 Å². The van der Waals surface area contributed by atoms with Gasteiger partial charge in [0.15, 0.2) is 0 Å². The highest BCUT2D eigenvalue weighted by Crippen LogP contribution is 2.22. The number of likely N-dealkylation sites (N-methyl/N-ethyl adjacent to an activating group) is 1. The molecule has 0 saturated carbocycles. The van der Waals surface area contributed by atoms with Gasteiger partial charge in [0.2, 0.25) is 5.91 Å². The predicted molar refractivity (Wildman–Crippen MR) is 105 cm³/mol. The number of amides is 1. The van der Waals surface area contributed by atoms with Gasteiger partial charge in [-0.15, -0.1) is 0 Å². The molecule has 1 aromatic carbocycles. The van der Waals surface area contributed by atoms with Gasteiger partial charge >= 0.3 is 0 Å². The number of carbonyl (C=O) groups is 1. The fraction of sp³-hybridized carbons (Fsp3) is 0.450. The monoisotopic (exact) mass is 353 g/mol. The lowest BCUT2D eigenvalue weighted by Gasteiger charge is -2.44. The number of anilines is 2. The molecule has 0 bridgehead atoms. The Morgan fingerprint density at radius 1 is 1.23 bits per heavy atom. The number of aromatic nitrogens is 2. The SMILES string of the molecule is Cc1cc(N2CC(N(C)CC(=O)Nc3cccc(C)c3C)C2)nc(C)n1. The van der Waals surface area contributed by atoms with Gasteiger partial charge in [0, 0.05) is 36.6 Å². The third-order valence-corrected chi connectivity index (χ3v) is 5.03. The first-order valence-corrected chi connectivity index (χ1v) is 8.97. The van der Waals surface area contributed by atoms with Gasteiger partial charge in [-0.25, -0.2) is 9.97 Å². The molecule has 0 unspecified atom stereocenters. The second-order valence-corrected chi connectivity index (χ2v) is 7.18. The average molecular weight is 353 g/mol. The maximum atomic E-state index is 12.4. The number of hydrogen-bond donors (Lipinski definition) is 1. The van der Waals surface area contributed by atoms with Crippen molar-refractivity contribution >= 4 is 17.4 Å². The highest BCUT2D eigenvalue weighted by molar-refractivity contribution is 5.93. The van der Waals surface area contributed by atoms with Crippen LogP contribution in [0.15, 0.2) is 24.3 Å².